The van der Waals surface area contributed by atoms with E-state index in [2.05, 4.69) is 60.2 Å². The summed E-state index contributed by atoms with van der Waals surface area (Å²) in [6.07, 6.45) is 1.10. The highest BCUT2D eigenvalue weighted by atomic mass is 79.9. The molecule has 1 nitrogen and oxygen atoms in total. The van der Waals surface area contributed by atoms with E-state index in [1.165, 1.54) is 22.3 Å². The molecule has 0 aromatic heterocycles. The molecule has 2 aromatic carbocycles. The second-order valence-electron chi connectivity index (χ2n) is 5.40. The van der Waals surface area contributed by atoms with Gasteiger partial charge in [-0.05, 0) is 67.3 Å². The third kappa shape index (κ3) is 4.09. The summed E-state index contributed by atoms with van der Waals surface area (Å²) in [5.41, 5.74) is 5.05. The number of rotatable bonds is 5. The van der Waals surface area contributed by atoms with Gasteiger partial charge >= 0.3 is 0 Å². The third-order valence-electron chi connectivity index (χ3n) is 3.64. The van der Waals surface area contributed by atoms with Crippen molar-refractivity contribution in [2.45, 2.75) is 33.2 Å². The van der Waals surface area contributed by atoms with Gasteiger partial charge in [0.05, 0.1) is 6.04 Å². The molecule has 1 unspecified atom stereocenters. The fourth-order valence-electron chi connectivity index (χ4n) is 2.50. The molecule has 0 heterocycles. The minimum absolute atomic E-state index is 0.176. The smallest absolute Gasteiger partial charge is 0.0579 e. The van der Waals surface area contributed by atoms with Crippen LogP contribution in [0, 0.1) is 13.8 Å². The normalized spacial score (nSPS) is 12.4. The summed E-state index contributed by atoms with van der Waals surface area (Å²) < 4.78 is 1.16. The Kier molecular flexibility index (Phi) is 5.86. The van der Waals surface area contributed by atoms with Crippen LogP contribution in [-0.4, -0.2) is 6.54 Å². The van der Waals surface area contributed by atoms with Crippen LogP contribution in [0.5, 0.6) is 0 Å². The van der Waals surface area contributed by atoms with Crippen LogP contribution in [0.2, 0.25) is 5.02 Å². The van der Waals surface area contributed by atoms with Gasteiger partial charge in [0.15, 0.2) is 0 Å². The molecular weight excluding hydrogens is 346 g/mol. The van der Waals surface area contributed by atoms with Crippen LogP contribution in [-0.2, 0) is 0 Å². The first-order valence-electron chi connectivity index (χ1n) is 7.28. The van der Waals surface area contributed by atoms with Crippen LogP contribution in [0.15, 0.2) is 40.9 Å². The first-order chi connectivity index (χ1) is 10.0. The van der Waals surface area contributed by atoms with Crippen molar-refractivity contribution in [2.24, 2.45) is 0 Å². The first-order valence-corrected chi connectivity index (χ1v) is 8.45. The fourth-order valence-corrected chi connectivity index (χ4v) is 3.15. The van der Waals surface area contributed by atoms with E-state index in [0.29, 0.717) is 0 Å². The van der Waals surface area contributed by atoms with Gasteiger partial charge in [-0.25, -0.2) is 0 Å². The summed E-state index contributed by atoms with van der Waals surface area (Å²) in [5.74, 6) is 0. The van der Waals surface area contributed by atoms with Crippen molar-refractivity contribution in [1.29, 1.82) is 0 Å². The highest BCUT2D eigenvalue weighted by Gasteiger charge is 2.17. The molecule has 0 saturated carbocycles. The van der Waals surface area contributed by atoms with E-state index >= 15 is 0 Å². The van der Waals surface area contributed by atoms with E-state index in [1.807, 2.05) is 18.2 Å². The number of halogens is 2. The lowest BCUT2D eigenvalue weighted by Gasteiger charge is -2.23. The second-order valence-corrected chi connectivity index (χ2v) is 6.69. The van der Waals surface area contributed by atoms with Crippen molar-refractivity contribution in [3.63, 3.8) is 0 Å². The zero-order chi connectivity index (χ0) is 15.4. The molecule has 2 rings (SSSR count). The van der Waals surface area contributed by atoms with E-state index in [-0.39, 0.29) is 6.04 Å². The summed E-state index contributed by atoms with van der Waals surface area (Å²) in [5, 5.41) is 4.42. The summed E-state index contributed by atoms with van der Waals surface area (Å²) >= 11 is 9.78. The number of benzene rings is 2. The Bertz CT molecular complexity index is 625. The van der Waals surface area contributed by atoms with Crippen molar-refractivity contribution in [2.75, 3.05) is 6.54 Å². The molecule has 112 valence electrons. The zero-order valence-electron chi connectivity index (χ0n) is 12.7. The lowest BCUT2D eigenvalue weighted by atomic mass is 9.93. The van der Waals surface area contributed by atoms with Crippen LogP contribution in [0.3, 0.4) is 0 Å². The molecule has 0 aliphatic carbocycles. The maximum atomic E-state index is 6.17. The highest BCUT2D eigenvalue weighted by Crippen LogP contribution is 2.30. The Balaban J connectivity index is 2.47. The van der Waals surface area contributed by atoms with Crippen LogP contribution >= 0.6 is 27.5 Å². The first kappa shape index (κ1) is 16.5. The molecule has 0 bridgehead atoms. The summed E-state index contributed by atoms with van der Waals surface area (Å²) in [6, 6.07) is 12.7. The summed E-state index contributed by atoms with van der Waals surface area (Å²) in [7, 11) is 0. The molecule has 0 saturated heterocycles. The summed E-state index contributed by atoms with van der Waals surface area (Å²) in [4.78, 5) is 0. The van der Waals surface area contributed by atoms with Crippen molar-refractivity contribution in [3.05, 3.63) is 68.1 Å². The van der Waals surface area contributed by atoms with Gasteiger partial charge in [-0.2, -0.15) is 0 Å². The van der Waals surface area contributed by atoms with Crippen molar-refractivity contribution in [3.8, 4) is 0 Å². The van der Waals surface area contributed by atoms with Crippen LogP contribution in [0.4, 0.5) is 0 Å². The van der Waals surface area contributed by atoms with E-state index in [9.17, 15) is 0 Å². The molecule has 0 spiro atoms. The van der Waals surface area contributed by atoms with E-state index in [4.69, 9.17) is 11.6 Å². The second kappa shape index (κ2) is 7.44. The standard InChI is InChI=1S/C18H21BrClN/c1-4-8-21-18(14-6-5-7-15(20)11-14)16-9-13(3)17(19)10-12(16)2/h5-7,9-11,18,21H,4,8H2,1-3H3. The molecule has 1 atom stereocenters. The fraction of sp³-hybridized carbons (Fsp3) is 0.333. The Labute approximate surface area is 140 Å². The number of hydrogen-bond donors (Lipinski definition) is 1. The Morgan fingerprint density at radius 3 is 2.57 bits per heavy atom. The van der Waals surface area contributed by atoms with E-state index < -0.39 is 0 Å². The molecule has 0 aliphatic heterocycles. The van der Waals surface area contributed by atoms with Gasteiger partial charge < -0.3 is 5.32 Å². The molecule has 0 radical (unpaired) electrons. The zero-order valence-corrected chi connectivity index (χ0v) is 15.1. The van der Waals surface area contributed by atoms with E-state index in [0.717, 1.165) is 22.5 Å². The van der Waals surface area contributed by atoms with Crippen molar-refractivity contribution >= 4 is 27.5 Å². The van der Waals surface area contributed by atoms with Gasteiger partial charge in [-0.3, -0.25) is 0 Å². The SMILES string of the molecule is CCCNC(c1cccc(Cl)c1)c1cc(C)c(Br)cc1C. The molecule has 0 aliphatic rings. The molecule has 21 heavy (non-hydrogen) atoms. The highest BCUT2D eigenvalue weighted by molar-refractivity contribution is 9.10. The maximum Gasteiger partial charge on any atom is 0.0579 e. The lowest BCUT2D eigenvalue weighted by molar-refractivity contribution is 0.596. The lowest BCUT2D eigenvalue weighted by Crippen LogP contribution is -2.24. The Morgan fingerprint density at radius 2 is 1.90 bits per heavy atom. The summed E-state index contributed by atoms with van der Waals surface area (Å²) in [6.45, 7) is 7.44. The monoisotopic (exact) mass is 365 g/mol. The average molecular weight is 367 g/mol. The topological polar surface area (TPSA) is 12.0 Å². The van der Waals surface area contributed by atoms with Gasteiger partial charge in [-0.15, -0.1) is 0 Å². The van der Waals surface area contributed by atoms with Gasteiger partial charge in [0, 0.05) is 9.50 Å². The predicted molar refractivity (Wildman–Crippen MR) is 95.2 cm³/mol. The minimum atomic E-state index is 0.176. The van der Waals surface area contributed by atoms with Gasteiger partial charge in [0.25, 0.3) is 0 Å². The van der Waals surface area contributed by atoms with Gasteiger partial charge in [0.1, 0.15) is 0 Å². The largest absolute Gasteiger partial charge is 0.306 e. The minimum Gasteiger partial charge on any atom is -0.306 e. The number of nitrogens with one attached hydrogen (secondary N) is 1. The molecule has 3 heteroatoms. The number of aryl methyl sites for hydroxylation is 2. The predicted octanol–water partition coefficient (Wildman–Crippen LogP) is 5.81. The molecule has 2 aromatic rings. The van der Waals surface area contributed by atoms with Gasteiger partial charge in [0.2, 0.25) is 0 Å². The quantitative estimate of drug-likeness (QED) is 0.704. The van der Waals surface area contributed by atoms with Gasteiger partial charge in [-0.1, -0.05) is 52.7 Å². The maximum absolute atomic E-state index is 6.17. The van der Waals surface area contributed by atoms with Crippen molar-refractivity contribution in [1.82, 2.24) is 5.32 Å². The molecular formula is C18H21BrClN. The van der Waals surface area contributed by atoms with Crippen LogP contribution in [0.1, 0.15) is 41.6 Å². The average Bonchev–Trinajstić information content (AvgIpc) is 2.44. The third-order valence-corrected chi connectivity index (χ3v) is 4.73. The Morgan fingerprint density at radius 1 is 1.14 bits per heavy atom. The van der Waals surface area contributed by atoms with E-state index in [1.54, 1.807) is 0 Å². The number of hydrogen-bond acceptors (Lipinski definition) is 1. The van der Waals surface area contributed by atoms with Crippen LogP contribution < -0.4 is 5.32 Å². The van der Waals surface area contributed by atoms with Crippen LogP contribution in [0.25, 0.3) is 0 Å². The Hall–Kier alpha value is -0.830. The molecule has 0 amide bonds. The molecule has 1 N–H and O–H groups in total. The van der Waals surface area contributed by atoms with Crippen molar-refractivity contribution < 1.29 is 0 Å². The molecule has 0 fully saturated rings.